The monoisotopic (exact) mass is 728 g/mol. The highest BCUT2D eigenvalue weighted by atomic mass is 15.1. The van der Waals surface area contributed by atoms with E-state index in [1.807, 2.05) is 0 Å². The van der Waals surface area contributed by atoms with E-state index in [1.54, 1.807) is 0 Å². The van der Waals surface area contributed by atoms with E-state index in [0.29, 0.717) is 0 Å². The Bertz CT molecular complexity index is 3150. The van der Waals surface area contributed by atoms with Crippen molar-refractivity contribution in [3.05, 3.63) is 217 Å². The molecule has 1 aliphatic rings. The molecule has 1 aliphatic carbocycles. The Hall–Kier alpha value is -7.16. The lowest BCUT2D eigenvalue weighted by molar-refractivity contribution is 0.660. The zero-order valence-electron chi connectivity index (χ0n) is 32.0. The van der Waals surface area contributed by atoms with Gasteiger partial charge in [0.1, 0.15) is 0 Å². The lowest BCUT2D eigenvalue weighted by Gasteiger charge is -2.28. The van der Waals surface area contributed by atoms with Gasteiger partial charge in [-0.05, 0) is 122 Å². The summed E-state index contributed by atoms with van der Waals surface area (Å²) in [5.41, 5.74) is 17.0. The molecule has 11 rings (SSSR count). The van der Waals surface area contributed by atoms with Gasteiger partial charge < -0.3 is 9.47 Å². The SMILES string of the molecule is CC1(C)c2cc(N(c3ccccc3)c3cccc(-c4cccc5ccccc45)c3)ccc2-c2ccc(-n3c4ccccc4c4cc(-c5ccccc5)ccc43)cc21. The summed E-state index contributed by atoms with van der Waals surface area (Å²) in [7, 11) is 0. The summed E-state index contributed by atoms with van der Waals surface area (Å²) in [4.78, 5) is 2.40. The van der Waals surface area contributed by atoms with Crippen LogP contribution in [0.5, 0.6) is 0 Å². The van der Waals surface area contributed by atoms with E-state index < -0.39 is 0 Å². The molecule has 0 N–H and O–H groups in total. The summed E-state index contributed by atoms with van der Waals surface area (Å²) < 4.78 is 2.45. The van der Waals surface area contributed by atoms with Gasteiger partial charge in [0.15, 0.2) is 0 Å². The number of benzene rings is 9. The molecule has 270 valence electrons. The first-order chi connectivity index (χ1) is 28.0. The predicted octanol–water partition coefficient (Wildman–Crippen LogP) is 15.0. The number of hydrogen-bond donors (Lipinski definition) is 0. The van der Waals surface area contributed by atoms with Crippen LogP contribution in [0.25, 0.3) is 71.6 Å². The van der Waals surface area contributed by atoms with E-state index in [2.05, 4.69) is 230 Å². The maximum atomic E-state index is 2.45. The quantitative estimate of drug-likeness (QED) is 0.165. The number of fused-ring (bicyclic) bond motifs is 7. The molecule has 0 aliphatic heterocycles. The number of nitrogens with zero attached hydrogens (tertiary/aromatic N) is 2. The summed E-state index contributed by atoms with van der Waals surface area (Å²) in [6.45, 7) is 4.77. The maximum Gasteiger partial charge on any atom is 0.0541 e. The van der Waals surface area contributed by atoms with Crippen molar-refractivity contribution in [2.75, 3.05) is 4.90 Å². The minimum atomic E-state index is -0.219. The average molecular weight is 729 g/mol. The Kier molecular flexibility index (Phi) is 7.55. The minimum Gasteiger partial charge on any atom is -0.310 e. The van der Waals surface area contributed by atoms with Crippen molar-refractivity contribution < 1.29 is 0 Å². The lowest BCUT2D eigenvalue weighted by Crippen LogP contribution is -2.17. The zero-order chi connectivity index (χ0) is 38.1. The summed E-state index contributed by atoms with van der Waals surface area (Å²) in [5, 5.41) is 5.05. The molecule has 9 aromatic carbocycles. The van der Waals surface area contributed by atoms with Crippen LogP contribution in [0.15, 0.2) is 206 Å². The molecule has 0 radical (unpaired) electrons. The van der Waals surface area contributed by atoms with E-state index in [0.717, 1.165) is 17.1 Å². The van der Waals surface area contributed by atoms with E-state index in [-0.39, 0.29) is 5.41 Å². The van der Waals surface area contributed by atoms with Gasteiger partial charge in [-0.15, -0.1) is 0 Å². The molecule has 0 saturated carbocycles. The molecule has 10 aromatic rings. The molecule has 0 spiro atoms. The number of anilines is 3. The molecule has 0 amide bonds. The molecule has 0 saturated heterocycles. The second kappa shape index (κ2) is 13.0. The van der Waals surface area contributed by atoms with Crippen LogP contribution < -0.4 is 4.90 Å². The van der Waals surface area contributed by atoms with Gasteiger partial charge in [0, 0.05) is 38.9 Å². The van der Waals surface area contributed by atoms with Crippen molar-refractivity contribution in [2.24, 2.45) is 0 Å². The fourth-order valence-corrected chi connectivity index (χ4v) is 9.37. The molecule has 0 unspecified atom stereocenters. The minimum absolute atomic E-state index is 0.219. The molecule has 0 fully saturated rings. The summed E-state index contributed by atoms with van der Waals surface area (Å²) in [5.74, 6) is 0. The molecule has 1 heterocycles. The third-order valence-corrected chi connectivity index (χ3v) is 12.2. The first kappa shape index (κ1) is 33.2. The molecular formula is C55H40N2. The maximum absolute atomic E-state index is 2.45. The topological polar surface area (TPSA) is 8.17 Å². The van der Waals surface area contributed by atoms with Crippen LogP contribution in [0.1, 0.15) is 25.0 Å². The van der Waals surface area contributed by atoms with E-state index in [4.69, 9.17) is 0 Å². The van der Waals surface area contributed by atoms with Crippen molar-refractivity contribution in [3.8, 4) is 39.1 Å². The van der Waals surface area contributed by atoms with Crippen molar-refractivity contribution in [1.82, 2.24) is 4.57 Å². The molecule has 1 aromatic heterocycles. The Balaban J connectivity index is 1.02. The number of rotatable bonds is 6. The third kappa shape index (κ3) is 5.33. The van der Waals surface area contributed by atoms with E-state index in [1.165, 1.54) is 82.8 Å². The van der Waals surface area contributed by atoms with Gasteiger partial charge in [-0.2, -0.15) is 0 Å². The summed E-state index contributed by atoms with van der Waals surface area (Å²) in [6, 6.07) is 75.6. The van der Waals surface area contributed by atoms with Crippen molar-refractivity contribution in [1.29, 1.82) is 0 Å². The Morgan fingerprint density at radius 2 is 0.982 bits per heavy atom. The molecule has 2 heteroatoms. The average Bonchev–Trinajstić information content (AvgIpc) is 3.71. The van der Waals surface area contributed by atoms with Gasteiger partial charge in [0.25, 0.3) is 0 Å². The van der Waals surface area contributed by atoms with Crippen LogP contribution >= 0.6 is 0 Å². The Morgan fingerprint density at radius 3 is 1.82 bits per heavy atom. The molecule has 2 nitrogen and oxygen atoms in total. The summed E-state index contributed by atoms with van der Waals surface area (Å²) in [6.07, 6.45) is 0. The summed E-state index contributed by atoms with van der Waals surface area (Å²) >= 11 is 0. The second-order valence-corrected chi connectivity index (χ2v) is 15.8. The smallest absolute Gasteiger partial charge is 0.0541 e. The number of aromatic nitrogens is 1. The third-order valence-electron chi connectivity index (χ3n) is 12.2. The highest BCUT2D eigenvalue weighted by Crippen LogP contribution is 2.52. The second-order valence-electron chi connectivity index (χ2n) is 15.8. The molecule has 57 heavy (non-hydrogen) atoms. The molecule has 0 atom stereocenters. The van der Waals surface area contributed by atoms with Crippen LogP contribution in [0.3, 0.4) is 0 Å². The molecular weight excluding hydrogens is 689 g/mol. The normalized spacial score (nSPS) is 12.9. The van der Waals surface area contributed by atoms with Gasteiger partial charge in [-0.1, -0.05) is 153 Å². The zero-order valence-corrected chi connectivity index (χ0v) is 32.0. The van der Waals surface area contributed by atoms with Gasteiger partial charge >= 0.3 is 0 Å². The van der Waals surface area contributed by atoms with Gasteiger partial charge in [-0.3, -0.25) is 0 Å². The van der Waals surface area contributed by atoms with Crippen LogP contribution in [0.4, 0.5) is 17.1 Å². The fraction of sp³-hybridized carbons (Fsp3) is 0.0545. The van der Waals surface area contributed by atoms with Crippen molar-refractivity contribution >= 4 is 49.6 Å². The van der Waals surface area contributed by atoms with E-state index in [9.17, 15) is 0 Å². The van der Waals surface area contributed by atoms with Gasteiger partial charge in [0.2, 0.25) is 0 Å². The van der Waals surface area contributed by atoms with Gasteiger partial charge in [0.05, 0.1) is 11.0 Å². The van der Waals surface area contributed by atoms with Crippen LogP contribution in [-0.2, 0) is 5.41 Å². The standard InChI is InChI=1S/C55H40N2/c1-55(2)51-35-43(56(41-20-7-4-8-21-41)42-22-13-19-40(33-42)46-25-14-18-38-17-9-10-23-45(38)46)28-30-47(51)48-31-29-44(36-52(48)55)57-53-26-12-11-24-49(53)50-34-39(27-32-54(50)57)37-15-5-3-6-16-37/h3-36H,1-2H3. The van der Waals surface area contributed by atoms with Crippen LogP contribution in [0, 0.1) is 0 Å². The first-order valence-corrected chi connectivity index (χ1v) is 19.8. The van der Waals surface area contributed by atoms with Crippen molar-refractivity contribution in [3.63, 3.8) is 0 Å². The predicted molar refractivity (Wildman–Crippen MR) is 241 cm³/mol. The van der Waals surface area contributed by atoms with Crippen molar-refractivity contribution in [2.45, 2.75) is 19.3 Å². The Labute approximate surface area is 333 Å². The number of para-hydroxylation sites is 2. The lowest BCUT2D eigenvalue weighted by atomic mass is 9.82. The van der Waals surface area contributed by atoms with E-state index >= 15 is 0 Å². The first-order valence-electron chi connectivity index (χ1n) is 19.8. The fourth-order valence-electron chi connectivity index (χ4n) is 9.37. The molecule has 0 bridgehead atoms. The Morgan fingerprint density at radius 1 is 0.368 bits per heavy atom. The van der Waals surface area contributed by atoms with Gasteiger partial charge in [-0.25, -0.2) is 0 Å². The highest BCUT2D eigenvalue weighted by molar-refractivity contribution is 6.10. The largest absolute Gasteiger partial charge is 0.310 e. The van der Waals surface area contributed by atoms with Crippen LogP contribution in [-0.4, -0.2) is 4.57 Å². The highest BCUT2D eigenvalue weighted by Gasteiger charge is 2.36. The van der Waals surface area contributed by atoms with Crippen LogP contribution in [0.2, 0.25) is 0 Å². The number of hydrogen-bond acceptors (Lipinski definition) is 1.